The third kappa shape index (κ3) is 8.50. The van der Waals surface area contributed by atoms with Crippen LogP contribution in [-0.4, -0.2) is 48.0 Å². The van der Waals surface area contributed by atoms with Gasteiger partial charge in [0.05, 0.1) is 31.0 Å². The molecule has 0 saturated heterocycles. The van der Waals surface area contributed by atoms with Gasteiger partial charge in [-0.05, 0) is 55.0 Å². The number of aliphatic carboxylic acids is 1. The molecule has 1 aliphatic rings. The van der Waals surface area contributed by atoms with Gasteiger partial charge in [-0.25, -0.2) is 4.79 Å². The van der Waals surface area contributed by atoms with E-state index in [1.165, 1.54) is 7.11 Å². The number of carboxylic acid groups (broad SMARTS) is 1. The van der Waals surface area contributed by atoms with Crippen LogP contribution in [0, 0.1) is 12.8 Å². The van der Waals surface area contributed by atoms with Crippen LogP contribution in [0.4, 0.5) is 16.2 Å². The van der Waals surface area contributed by atoms with Crippen LogP contribution in [0.2, 0.25) is 0 Å². The molecule has 0 saturated carbocycles. The molecule has 10 nitrogen and oxygen atoms in total. The summed E-state index contributed by atoms with van der Waals surface area (Å²) < 4.78 is 5.46. The lowest BCUT2D eigenvalue weighted by atomic mass is 9.95. The molecule has 2 atom stereocenters. The molecule has 204 valence electrons. The van der Waals surface area contributed by atoms with Crippen molar-refractivity contribution in [2.75, 3.05) is 17.7 Å². The molecule has 0 aliphatic carbocycles. The van der Waals surface area contributed by atoms with Crippen LogP contribution in [0.5, 0.6) is 5.75 Å². The van der Waals surface area contributed by atoms with Crippen molar-refractivity contribution in [1.82, 2.24) is 5.32 Å². The zero-order valence-electron chi connectivity index (χ0n) is 22.2. The minimum Gasteiger partial charge on any atom is -0.495 e. The number of oxime groups is 1. The van der Waals surface area contributed by atoms with Crippen LogP contribution >= 0.6 is 0 Å². The van der Waals surface area contributed by atoms with Gasteiger partial charge in [-0.3, -0.25) is 9.59 Å². The topological polar surface area (TPSA) is 138 Å². The minimum atomic E-state index is -0.877. The van der Waals surface area contributed by atoms with Gasteiger partial charge in [-0.1, -0.05) is 43.3 Å². The number of amides is 3. The van der Waals surface area contributed by atoms with Gasteiger partial charge in [-0.2, -0.15) is 0 Å². The fraction of sp³-hybridized carbons (Fsp3) is 0.429. The van der Waals surface area contributed by atoms with Gasteiger partial charge >= 0.3 is 12.0 Å². The van der Waals surface area contributed by atoms with Crippen LogP contribution in [0.25, 0.3) is 0 Å². The summed E-state index contributed by atoms with van der Waals surface area (Å²) in [7, 11) is 1.50. The number of carbonyl (C=O) groups excluding carboxylic acids is 2. The number of carboxylic acids is 1. The van der Waals surface area contributed by atoms with Crippen molar-refractivity contribution in [2.45, 2.75) is 65.0 Å². The summed E-state index contributed by atoms with van der Waals surface area (Å²) in [6, 6.07) is 12.0. The number of hydrogen-bond donors (Lipinski definition) is 4. The predicted octanol–water partition coefficient (Wildman–Crippen LogP) is 4.73. The first-order valence-corrected chi connectivity index (χ1v) is 12.7. The number of methoxy groups -OCH3 is 1. The van der Waals surface area contributed by atoms with Crippen LogP contribution < -0.4 is 20.7 Å². The second kappa shape index (κ2) is 13.5. The number of anilines is 2. The lowest BCUT2D eigenvalue weighted by Crippen LogP contribution is -2.42. The summed E-state index contributed by atoms with van der Waals surface area (Å²) in [5, 5.41) is 21.7. The van der Waals surface area contributed by atoms with Gasteiger partial charge in [0.25, 0.3) is 0 Å². The van der Waals surface area contributed by atoms with Gasteiger partial charge in [0, 0.05) is 18.5 Å². The Morgan fingerprint density at radius 2 is 1.87 bits per heavy atom. The normalized spacial score (nSPS) is 15.3. The number of hydrogen-bond acceptors (Lipinski definition) is 6. The predicted molar refractivity (Wildman–Crippen MR) is 146 cm³/mol. The van der Waals surface area contributed by atoms with Crippen LogP contribution in [-0.2, 0) is 20.8 Å². The third-order valence-corrected chi connectivity index (χ3v) is 6.15. The average molecular weight is 525 g/mol. The number of nitrogens with zero attached hydrogens (tertiary/aromatic N) is 1. The highest BCUT2D eigenvalue weighted by atomic mass is 16.6. The van der Waals surface area contributed by atoms with E-state index in [0.29, 0.717) is 42.3 Å². The van der Waals surface area contributed by atoms with E-state index in [0.717, 1.165) is 16.8 Å². The minimum absolute atomic E-state index is 0.00884. The van der Waals surface area contributed by atoms with Crippen molar-refractivity contribution in [3.63, 3.8) is 0 Å². The van der Waals surface area contributed by atoms with E-state index in [9.17, 15) is 14.4 Å². The van der Waals surface area contributed by atoms with Crippen LogP contribution in [0.1, 0.15) is 50.7 Å². The zero-order valence-corrected chi connectivity index (χ0v) is 22.2. The number of benzene rings is 2. The molecule has 2 aromatic carbocycles. The summed E-state index contributed by atoms with van der Waals surface area (Å²) in [5.74, 6) is -0.328. The van der Waals surface area contributed by atoms with E-state index in [1.807, 2.05) is 31.2 Å². The van der Waals surface area contributed by atoms with E-state index >= 15 is 0 Å². The molecule has 38 heavy (non-hydrogen) atoms. The molecule has 1 aliphatic heterocycles. The Morgan fingerprint density at radius 3 is 2.55 bits per heavy atom. The number of rotatable bonds is 12. The Kier molecular flexibility index (Phi) is 10.1. The maximum atomic E-state index is 12.9. The van der Waals surface area contributed by atoms with Gasteiger partial charge in [0.15, 0.2) is 0 Å². The van der Waals surface area contributed by atoms with Gasteiger partial charge in [0.2, 0.25) is 5.91 Å². The second-order valence-corrected chi connectivity index (χ2v) is 9.80. The second-order valence-electron chi connectivity index (χ2n) is 9.80. The lowest BCUT2D eigenvalue weighted by molar-refractivity contribution is -0.137. The van der Waals surface area contributed by atoms with Gasteiger partial charge in [-0.15, -0.1) is 0 Å². The molecule has 0 radical (unpaired) electrons. The van der Waals surface area contributed by atoms with Crippen LogP contribution in [0.3, 0.4) is 0 Å². The maximum Gasteiger partial charge on any atom is 0.323 e. The third-order valence-electron chi connectivity index (χ3n) is 6.15. The van der Waals surface area contributed by atoms with Crippen molar-refractivity contribution in [2.24, 2.45) is 11.1 Å². The number of urea groups is 1. The molecule has 0 bridgehead atoms. The number of aryl methyl sites for hydroxylation is 1. The average Bonchev–Trinajstić information content (AvgIpc) is 3.33. The van der Waals surface area contributed by atoms with Gasteiger partial charge in [0.1, 0.15) is 11.9 Å². The summed E-state index contributed by atoms with van der Waals surface area (Å²) in [5.41, 5.74) is 3.57. The van der Waals surface area contributed by atoms with Crippen molar-refractivity contribution < 1.29 is 29.1 Å². The van der Waals surface area contributed by atoms with E-state index in [-0.39, 0.29) is 30.9 Å². The first kappa shape index (κ1) is 28.5. The fourth-order valence-electron chi connectivity index (χ4n) is 4.21. The molecule has 1 heterocycles. The number of ether oxygens (including phenoxy) is 1. The zero-order chi connectivity index (χ0) is 27.7. The Morgan fingerprint density at radius 1 is 1.13 bits per heavy atom. The summed E-state index contributed by atoms with van der Waals surface area (Å²) in [6.07, 6.45) is 1.37. The van der Waals surface area contributed by atoms with Crippen LogP contribution in [0.15, 0.2) is 47.6 Å². The van der Waals surface area contributed by atoms with E-state index in [4.69, 9.17) is 14.7 Å². The first-order chi connectivity index (χ1) is 18.1. The van der Waals surface area contributed by atoms with Crippen molar-refractivity contribution >= 4 is 35.0 Å². The maximum absolute atomic E-state index is 12.9. The van der Waals surface area contributed by atoms with E-state index in [1.54, 1.807) is 18.2 Å². The van der Waals surface area contributed by atoms with Crippen molar-refractivity contribution in [3.05, 3.63) is 53.6 Å². The Hall–Kier alpha value is -4.08. The molecule has 3 amide bonds. The molecule has 4 N–H and O–H groups in total. The largest absolute Gasteiger partial charge is 0.495 e. The molecular formula is C28H36N4O6. The van der Waals surface area contributed by atoms with Gasteiger partial charge < -0.3 is 30.6 Å². The summed E-state index contributed by atoms with van der Waals surface area (Å²) in [4.78, 5) is 41.7. The molecule has 0 spiro atoms. The smallest absolute Gasteiger partial charge is 0.323 e. The van der Waals surface area contributed by atoms with Crippen molar-refractivity contribution in [1.29, 1.82) is 0 Å². The monoisotopic (exact) mass is 524 g/mol. The number of para-hydroxylation sites is 1. The summed E-state index contributed by atoms with van der Waals surface area (Å²) in [6.45, 7) is 6.03. The van der Waals surface area contributed by atoms with Crippen molar-refractivity contribution in [3.8, 4) is 5.75 Å². The molecule has 2 aromatic rings. The SMILES string of the molecule is COc1cc(CC(=O)NC(CC(C)C)C2=NOC(CCC(=O)O)C2)ccc1NC(=O)Nc1ccccc1C. The first-order valence-electron chi connectivity index (χ1n) is 12.7. The highest BCUT2D eigenvalue weighted by Crippen LogP contribution is 2.27. The quantitative estimate of drug-likeness (QED) is 0.317. The molecule has 0 aromatic heterocycles. The Labute approximate surface area is 222 Å². The fourth-order valence-corrected chi connectivity index (χ4v) is 4.21. The summed E-state index contributed by atoms with van der Waals surface area (Å²) >= 11 is 0. The Bertz CT molecular complexity index is 1180. The molecule has 0 fully saturated rings. The highest BCUT2D eigenvalue weighted by Gasteiger charge is 2.29. The lowest BCUT2D eigenvalue weighted by Gasteiger charge is -2.20. The van der Waals surface area contributed by atoms with E-state index in [2.05, 4.69) is 35.0 Å². The number of carbonyl (C=O) groups is 3. The standard InChI is InChI=1S/C28H36N4O6/c1-17(2)13-23(24-16-20(38-32-24)10-12-27(34)35)29-26(33)15-19-9-11-22(25(14-19)37-4)31-28(36)30-21-8-6-5-7-18(21)3/h5-9,11,14,17,20,23H,10,12-13,15-16H2,1-4H3,(H,29,33)(H,34,35)(H2,30,31,36). The molecular weight excluding hydrogens is 488 g/mol. The molecule has 3 rings (SSSR count). The van der Waals surface area contributed by atoms with E-state index < -0.39 is 12.0 Å². The molecule has 2 unspecified atom stereocenters. The molecule has 10 heteroatoms. The highest BCUT2D eigenvalue weighted by molar-refractivity contribution is 6.01. The Balaban J connectivity index is 1.60. The number of nitrogens with one attached hydrogen (secondary N) is 3.